The van der Waals surface area contributed by atoms with Gasteiger partial charge >= 0.3 is 27.3 Å². The van der Waals surface area contributed by atoms with Crippen LogP contribution in [0.15, 0.2) is 0 Å². The molecule has 0 aromatic carbocycles. The van der Waals surface area contributed by atoms with Gasteiger partial charge in [-0.15, -0.1) is 0 Å². The first kappa shape index (κ1) is 14.1. The van der Waals surface area contributed by atoms with E-state index in [2.05, 4.69) is 49.7 Å². The van der Waals surface area contributed by atoms with Crippen LogP contribution in [0.3, 0.4) is 0 Å². The van der Waals surface area contributed by atoms with Gasteiger partial charge in [0.25, 0.3) is 0 Å². The average Bonchev–Trinajstić information content (AvgIpc) is 2.85. The Labute approximate surface area is 120 Å². The molecule has 7 heteroatoms. The average molecular weight is 444 g/mol. The zero-order valence-corrected chi connectivity index (χ0v) is 14.0. The molecule has 0 N–H and O–H groups in total. The third-order valence-corrected chi connectivity index (χ3v) is 2.44. The van der Waals surface area contributed by atoms with Gasteiger partial charge in [-0.25, -0.2) is 0 Å². The van der Waals surface area contributed by atoms with E-state index >= 15 is 0 Å². The Morgan fingerprint density at radius 3 is 1.08 bits per heavy atom. The third kappa shape index (κ3) is 7.12. The van der Waals surface area contributed by atoms with Crippen molar-refractivity contribution in [2.75, 3.05) is 26.2 Å². The molecule has 0 aromatic heterocycles. The summed E-state index contributed by atoms with van der Waals surface area (Å²) < 4.78 is 1.24. The normalized spacial score (nSPS) is 16.3. The molecule has 2 saturated heterocycles. The summed E-state index contributed by atoms with van der Waals surface area (Å²) in [5.41, 5.74) is 0. The van der Waals surface area contributed by atoms with Crippen LogP contribution in [0.1, 0.15) is 0 Å². The number of hydrogen-bond donors (Lipinski definition) is 0. The monoisotopic (exact) mass is 444 g/mol. The van der Waals surface area contributed by atoms with Crippen molar-refractivity contribution >= 4 is 85.6 Å². The summed E-state index contributed by atoms with van der Waals surface area (Å²) in [6.07, 6.45) is 0. The second-order valence-electron chi connectivity index (χ2n) is 2.51. The van der Waals surface area contributed by atoms with E-state index in [0.29, 0.717) is 8.64 Å². The van der Waals surface area contributed by atoms with Crippen LogP contribution in [0.25, 0.3) is 0 Å². The fourth-order valence-electron chi connectivity index (χ4n) is 0.465. The Kier molecular flexibility index (Phi) is 7.17. The Hall–Kier alpha value is 1.14. The van der Waals surface area contributed by atoms with Crippen molar-refractivity contribution in [2.24, 2.45) is 0 Å². The van der Waals surface area contributed by atoms with Gasteiger partial charge in [0.2, 0.25) is 0 Å². The van der Waals surface area contributed by atoms with Gasteiger partial charge in [-0.3, -0.25) is 0 Å². The van der Waals surface area contributed by atoms with Crippen molar-refractivity contribution in [2.45, 2.75) is 0 Å². The molecular formula is C6H8N2PbS4. The van der Waals surface area contributed by atoms with Gasteiger partial charge in [0, 0.05) is 26.2 Å². The molecule has 0 aliphatic carbocycles. The maximum Gasteiger partial charge on any atom is 2.00 e. The predicted molar refractivity (Wildman–Crippen MR) is 68.8 cm³/mol. The van der Waals surface area contributed by atoms with Gasteiger partial charge in [0.05, 0.1) is 0 Å². The molecule has 13 heavy (non-hydrogen) atoms. The summed E-state index contributed by atoms with van der Waals surface area (Å²) in [5.74, 6) is 0. The first-order valence-corrected chi connectivity index (χ1v) is 5.16. The smallest absolute Gasteiger partial charge is 0.411 e. The van der Waals surface area contributed by atoms with Crippen molar-refractivity contribution < 1.29 is 0 Å². The molecule has 2 aliphatic heterocycles. The van der Waals surface area contributed by atoms with Crippen molar-refractivity contribution in [3.63, 3.8) is 0 Å². The Bertz CT molecular complexity index is 181. The molecule has 0 unspecified atom stereocenters. The van der Waals surface area contributed by atoms with E-state index < -0.39 is 0 Å². The minimum Gasteiger partial charge on any atom is -0.411 e. The van der Waals surface area contributed by atoms with Crippen molar-refractivity contribution in [1.82, 2.24) is 9.80 Å². The zero-order chi connectivity index (χ0) is 9.14. The molecule has 0 amide bonds. The number of hydrogen-bond acceptors (Lipinski definition) is 4. The second-order valence-corrected chi connectivity index (χ2v) is 4.57. The maximum absolute atomic E-state index is 4.62. The van der Waals surface area contributed by atoms with Crippen LogP contribution in [0, 0.1) is 0 Å². The van der Waals surface area contributed by atoms with E-state index in [1.165, 1.54) is 0 Å². The van der Waals surface area contributed by atoms with Crippen LogP contribution in [-0.2, 0) is 25.3 Å². The summed E-state index contributed by atoms with van der Waals surface area (Å²) in [6, 6.07) is 0. The minimum absolute atomic E-state index is 0. The minimum atomic E-state index is 0. The topological polar surface area (TPSA) is 6.02 Å². The van der Waals surface area contributed by atoms with Crippen LogP contribution >= 0.6 is 24.4 Å². The summed E-state index contributed by atoms with van der Waals surface area (Å²) in [5, 5.41) is 0. The van der Waals surface area contributed by atoms with E-state index in [-0.39, 0.29) is 27.3 Å². The van der Waals surface area contributed by atoms with Gasteiger partial charge in [0.15, 0.2) is 0 Å². The summed E-state index contributed by atoms with van der Waals surface area (Å²) >= 11 is 18.5. The first-order chi connectivity index (χ1) is 5.61. The van der Waals surface area contributed by atoms with E-state index in [9.17, 15) is 0 Å². The number of rotatable bonds is 0. The molecule has 2 fully saturated rings. The van der Waals surface area contributed by atoms with Gasteiger partial charge < -0.3 is 59.5 Å². The molecule has 0 saturated carbocycles. The van der Waals surface area contributed by atoms with E-state index in [1.807, 2.05) is 9.80 Å². The standard InChI is InChI=1S/2C3H5NS2.Pb/c2*5-3(6)4-1-2-4;/h2*1-2H2,(H,5,6);/q;;+2/p-2. The molecule has 2 nitrogen and oxygen atoms in total. The molecule has 70 valence electrons. The largest absolute Gasteiger partial charge is 2.00 e. The Balaban J connectivity index is 0.000000206. The molecule has 2 heterocycles. The van der Waals surface area contributed by atoms with E-state index in [4.69, 9.17) is 0 Å². The van der Waals surface area contributed by atoms with E-state index in [0.717, 1.165) is 26.2 Å². The van der Waals surface area contributed by atoms with Crippen LogP contribution in [0.5, 0.6) is 0 Å². The molecule has 2 aliphatic rings. The summed E-state index contributed by atoms with van der Waals surface area (Å²) in [7, 11) is 0. The van der Waals surface area contributed by atoms with Gasteiger partial charge in [-0.1, -0.05) is 8.64 Å². The van der Waals surface area contributed by atoms with E-state index in [1.54, 1.807) is 0 Å². The van der Waals surface area contributed by atoms with Gasteiger partial charge in [-0.05, 0) is 0 Å². The molecule has 2 rings (SSSR count). The fraction of sp³-hybridized carbons (Fsp3) is 0.667. The molecule has 0 atom stereocenters. The predicted octanol–water partition coefficient (Wildman–Crippen LogP) is -0.113. The molecule has 2 radical (unpaired) electrons. The molecule has 0 bridgehead atoms. The Morgan fingerprint density at radius 1 is 0.846 bits per heavy atom. The van der Waals surface area contributed by atoms with Crippen LogP contribution in [-0.4, -0.2) is 71.9 Å². The fourth-order valence-corrected chi connectivity index (χ4v) is 1.20. The number of nitrogens with zero attached hydrogens (tertiary/aromatic N) is 2. The van der Waals surface area contributed by atoms with Crippen molar-refractivity contribution in [3.8, 4) is 0 Å². The quantitative estimate of drug-likeness (QED) is 0.221. The maximum atomic E-state index is 4.62. The summed E-state index contributed by atoms with van der Waals surface area (Å²) in [4.78, 5) is 3.93. The second kappa shape index (κ2) is 6.59. The van der Waals surface area contributed by atoms with Crippen molar-refractivity contribution in [1.29, 1.82) is 0 Å². The molecule has 0 spiro atoms. The SMILES string of the molecule is S=C([S-])N1CC1.S=C([S-])N1CC1.[Pb+2]. The van der Waals surface area contributed by atoms with Crippen molar-refractivity contribution in [3.05, 3.63) is 0 Å². The summed E-state index contributed by atoms with van der Waals surface area (Å²) in [6.45, 7) is 4.34. The van der Waals surface area contributed by atoms with Gasteiger partial charge in [0.1, 0.15) is 0 Å². The zero-order valence-electron chi connectivity index (χ0n) is 6.86. The first-order valence-electron chi connectivity index (χ1n) is 3.53. The van der Waals surface area contributed by atoms with Crippen LogP contribution < -0.4 is 0 Å². The van der Waals surface area contributed by atoms with Gasteiger partial charge in [-0.2, -0.15) is 0 Å². The number of thiocarbonyl (C=S) groups is 2. The molecular weight excluding hydrogens is 436 g/mol. The third-order valence-electron chi connectivity index (χ3n) is 1.41. The van der Waals surface area contributed by atoms with Crippen LogP contribution in [0.4, 0.5) is 0 Å². The Morgan fingerprint density at radius 2 is 1.08 bits per heavy atom. The molecule has 0 aromatic rings. The van der Waals surface area contributed by atoms with Crippen LogP contribution in [0.2, 0.25) is 0 Å².